The fraction of sp³-hybridized carbons (Fsp3) is 1.00. The molecule has 0 aliphatic carbocycles. The Morgan fingerprint density at radius 2 is 2.00 bits per heavy atom. The first-order valence-electron chi connectivity index (χ1n) is 1.35. The molecule has 1 aliphatic rings. The van der Waals surface area contributed by atoms with Crippen LogP contribution in [0.15, 0.2) is 0 Å². The van der Waals surface area contributed by atoms with E-state index in [0.29, 0.717) is 0 Å². The molecule has 1 aliphatic heterocycles. The minimum atomic E-state index is 0.821. The van der Waals surface area contributed by atoms with Gasteiger partial charge in [-0.05, 0) is 0 Å². The molecule has 1 atom stereocenters. The van der Waals surface area contributed by atoms with E-state index in [-0.39, 0.29) is 0 Å². The fourth-order valence-corrected chi connectivity index (χ4v) is 0.306. The predicted octanol–water partition coefficient (Wildman–Crippen LogP) is 0.610. The largest absolute Gasteiger partial charge is 0.362 e. The molecule has 0 radical (unpaired) electrons. The average Bonchev–Trinajstić information content (AvgIpc) is 0.722. The van der Waals surface area contributed by atoms with Crippen LogP contribution < -0.4 is 0 Å². The maximum atomic E-state index is 4.75. The van der Waals surface area contributed by atoms with Crippen molar-refractivity contribution in [3.8, 4) is 0 Å². The Morgan fingerprint density at radius 3 is 2.00 bits per heavy atom. The van der Waals surface area contributed by atoms with E-state index < -0.39 is 0 Å². The third kappa shape index (κ3) is 0.240. The maximum Gasteiger partial charge on any atom is 0.0563 e. The lowest BCUT2D eigenvalue weighted by molar-refractivity contribution is 0.344. The Morgan fingerprint density at radius 1 is 1.75 bits per heavy atom. The molecule has 0 aromatic rings. The average molecular weight is 76.0 g/mol. The maximum absolute atomic E-state index is 4.75. The smallest absolute Gasteiger partial charge is 0.0563 e. The lowest BCUT2D eigenvalue weighted by Crippen LogP contribution is -1.97. The molecule has 0 spiro atoms. The molecule has 1 saturated heterocycles. The third-order valence-corrected chi connectivity index (χ3v) is 1.22. The summed E-state index contributed by atoms with van der Waals surface area (Å²) < 4.78 is 4.75. The second-order valence-corrected chi connectivity index (χ2v) is 1.82. The summed E-state index contributed by atoms with van der Waals surface area (Å²) >= 11 is 0. The number of rotatable bonds is 0. The van der Waals surface area contributed by atoms with Gasteiger partial charge in [-0.2, -0.15) is 0 Å². The summed E-state index contributed by atoms with van der Waals surface area (Å²) in [5.41, 5.74) is 0. The van der Waals surface area contributed by atoms with Crippen LogP contribution in [-0.4, -0.2) is 12.8 Å². The van der Waals surface area contributed by atoms with Crippen LogP contribution in [0.25, 0.3) is 0 Å². The van der Waals surface area contributed by atoms with Crippen LogP contribution in [0.1, 0.15) is 0 Å². The van der Waals surface area contributed by atoms with E-state index >= 15 is 0 Å². The van der Waals surface area contributed by atoms with Gasteiger partial charge in [0, 0.05) is 15.0 Å². The van der Waals surface area contributed by atoms with Crippen LogP contribution in [0.4, 0.5) is 0 Å². The second kappa shape index (κ2) is 1.00. The standard InChI is InChI=1S/C2H5OP/c1-2-4-3-1/h4H,1-2H2. The van der Waals surface area contributed by atoms with Gasteiger partial charge in [0.25, 0.3) is 0 Å². The first-order chi connectivity index (χ1) is 2.00. The topological polar surface area (TPSA) is 9.23 Å². The summed E-state index contributed by atoms with van der Waals surface area (Å²) in [4.78, 5) is 0. The summed E-state index contributed by atoms with van der Waals surface area (Å²) in [6.07, 6.45) is 1.31. The highest BCUT2D eigenvalue weighted by Gasteiger charge is 1.94. The SMILES string of the molecule is C1CPO1. The van der Waals surface area contributed by atoms with E-state index in [2.05, 4.69) is 0 Å². The Hall–Kier alpha value is 0.390. The van der Waals surface area contributed by atoms with E-state index in [9.17, 15) is 0 Å². The van der Waals surface area contributed by atoms with Crippen LogP contribution >= 0.6 is 8.81 Å². The lowest BCUT2D eigenvalue weighted by Gasteiger charge is -2.08. The highest BCUT2D eigenvalue weighted by Crippen LogP contribution is 2.20. The van der Waals surface area contributed by atoms with Gasteiger partial charge in [-0.1, -0.05) is 0 Å². The molecule has 0 bridgehead atoms. The molecule has 4 heavy (non-hydrogen) atoms. The van der Waals surface area contributed by atoms with E-state index in [1.807, 2.05) is 0 Å². The van der Waals surface area contributed by atoms with Gasteiger partial charge in [0.15, 0.2) is 0 Å². The van der Waals surface area contributed by atoms with E-state index in [1.165, 1.54) is 6.16 Å². The van der Waals surface area contributed by atoms with Crippen molar-refractivity contribution < 1.29 is 4.52 Å². The molecule has 1 rings (SSSR count). The summed E-state index contributed by atoms with van der Waals surface area (Å²) in [6, 6.07) is 0. The minimum Gasteiger partial charge on any atom is -0.362 e. The summed E-state index contributed by atoms with van der Waals surface area (Å²) in [7, 11) is 0.821. The highest BCUT2D eigenvalue weighted by molar-refractivity contribution is 7.33. The van der Waals surface area contributed by atoms with Gasteiger partial charge in [0.05, 0.1) is 6.61 Å². The summed E-state index contributed by atoms with van der Waals surface area (Å²) in [6.45, 7) is 1.01. The highest BCUT2D eigenvalue weighted by atomic mass is 31.1. The van der Waals surface area contributed by atoms with Crippen molar-refractivity contribution in [2.24, 2.45) is 0 Å². The molecule has 0 saturated carbocycles. The van der Waals surface area contributed by atoms with E-state index in [4.69, 9.17) is 4.52 Å². The predicted molar refractivity (Wildman–Crippen MR) is 19.1 cm³/mol. The molecule has 0 amide bonds. The Bertz CT molecular complexity index is 14.0. The second-order valence-electron chi connectivity index (χ2n) is 0.743. The fourth-order valence-electron chi connectivity index (χ4n) is 0.102. The molecule has 1 unspecified atom stereocenters. The molecule has 0 aromatic carbocycles. The van der Waals surface area contributed by atoms with Crippen molar-refractivity contribution in [3.05, 3.63) is 0 Å². The van der Waals surface area contributed by atoms with E-state index in [0.717, 1.165) is 15.4 Å². The minimum absolute atomic E-state index is 0.821. The van der Waals surface area contributed by atoms with Crippen LogP contribution in [0.5, 0.6) is 0 Å². The van der Waals surface area contributed by atoms with Crippen LogP contribution in [0.3, 0.4) is 0 Å². The van der Waals surface area contributed by atoms with Gasteiger partial charge < -0.3 is 4.52 Å². The molecule has 0 aromatic heterocycles. The summed E-state index contributed by atoms with van der Waals surface area (Å²) in [5.74, 6) is 0. The van der Waals surface area contributed by atoms with Gasteiger partial charge in [-0.3, -0.25) is 0 Å². The molecule has 0 N–H and O–H groups in total. The zero-order valence-corrected chi connectivity index (χ0v) is 3.32. The molecule has 24 valence electrons. The molecular formula is C2H5OP. The molecular weight excluding hydrogens is 71.0 g/mol. The lowest BCUT2D eigenvalue weighted by atomic mass is 10.9. The van der Waals surface area contributed by atoms with Crippen LogP contribution in [-0.2, 0) is 4.52 Å². The van der Waals surface area contributed by atoms with Gasteiger partial charge in [-0.25, -0.2) is 0 Å². The van der Waals surface area contributed by atoms with E-state index in [1.54, 1.807) is 0 Å². The number of hydrogen-bond donors (Lipinski definition) is 0. The van der Waals surface area contributed by atoms with Crippen molar-refractivity contribution in [2.45, 2.75) is 0 Å². The normalized spacial score (nSPS) is 30.0. The van der Waals surface area contributed by atoms with Crippen molar-refractivity contribution >= 4 is 8.81 Å². The Kier molecular flexibility index (Phi) is 0.658. The van der Waals surface area contributed by atoms with Gasteiger partial charge in [0.2, 0.25) is 0 Å². The quantitative estimate of drug-likeness (QED) is 0.384. The first-order valence-corrected chi connectivity index (χ1v) is 2.46. The van der Waals surface area contributed by atoms with Gasteiger partial charge in [0.1, 0.15) is 0 Å². The monoisotopic (exact) mass is 76.0 g/mol. The number of hydrogen-bond acceptors (Lipinski definition) is 1. The zero-order valence-electron chi connectivity index (χ0n) is 2.32. The van der Waals surface area contributed by atoms with Crippen molar-refractivity contribution in [1.82, 2.24) is 0 Å². The van der Waals surface area contributed by atoms with Crippen LogP contribution in [0.2, 0.25) is 0 Å². The zero-order chi connectivity index (χ0) is 2.83. The molecule has 1 fully saturated rings. The summed E-state index contributed by atoms with van der Waals surface area (Å²) in [5, 5.41) is 0. The van der Waals surface area contributed by atoms with Crippen LogP contribution in [0, 0.1) is 0 Å². The third-order valence-electron chi connectivity index (χ3n) is 0.408. The van der Waals surface area contributed by atoms with Crippen molar-refractivity contribution in [2.75, 3.05) is 12.8 Å². The first kappa shape index (κ1) is 2.62. The van der Waals surface area contributed by atoms with Crippen molar-refractivity contribution in [3.63, 3.8) is 0 Å². The molecule has 2 heteroatoms. The molecule has 1 nitrogen and oxygen atoms in total. The Labute approximate surface area is 27.2 Å². The van der Waals surface area contributed by atoms with Gasteiger partial charge >= 0.3 is 0 Å². The molecule has 1 heterocycles. The Balaban J connectivity index is 2.00. The van der Waals surface area contributed by atoms with Crippen molar-refractivity contribution in [1.29, 1.82) is 0 Å². The van der Waals surface area contributed by atoms with Gasteiger partial charge in [-0.15, -0.1) is 0 Å².